The molecule has 1 saturated carbocycles. The summed E-state index contributed by atoms with van der Waals surface area (Å²) >= 11 is 9.52. The number of hydrogen-bond acceptors (Lipinski definition) is 3. The lowest BCUT2D eigenvalue weighted by Crippen LogP contribution is -2.31. The molecule has 0 unspecified atom stereocenters. The number of nitrogens with zero attached hydrogens (tertiary/aromatic N) is 1. The number of sulfonamides is 1. The van der Waals surface area contributed by atoms with Gasteiger partial charge in [0.1, 0.15) is 4.90 Å². The minimum absolute atomic E-state index is 0.0194. The maximum Gasteiger partial charge on any atom is 0.264 e. The minimum Gasteiger partial charge on any atom is -0.310 e. The van der Waals surface area contributed by atoms with Gasteiger partial charge in [0, 0.05) is 22.0 Å². The number of amides is 1. The molecule has 0 radical (unpaired) electrons. The molecule has 2 aromatic carbocycles. The van der Waals surface area contributed by atoms with Gasteiger partial charge in [0.05, 0.1) is 11.4 Å². The molecule has 1 heterocycles. The van der Waals surface area contributed by atoms with E-state index in [4.69, 9.17) is 11.6 Å². The highest BCUT2D eigenvalue weighted by Gasteiger charge is 2.39. The molecule has 0 aromatic heterocycles. The Kier molecular flexibility index (Phi) is 4.72. The number of carbonyl (C=O) groups excluding carboxylic acids is 1. The van der Waals surface area contributed by atoms with E-state index in [1.165, 1.54) is 0 Å². The lowest BCUT2D eigenvalue weighted by atomic mass is 10.2. The fourth-order valence-electron chi connectivity index (χ4n) is 3.31. The average Bonchev–Trinajstić information content (AvgIpc) is 3.36. The number of aryl methyl sites for hydroxylation is 1. The molecule has 2 aliphatic rings. The molecule has 0 spiro atoms. The van der Waals surface area contributed by atoms with Gasteiger partial charge in [-0.05, 0) is 61.6 Å². The first-order valence-corrected chi connectivity index (χ1v) is 11.3. The van der Waals surface area contributed by atoms with Gasteiger partial charge < -0.3 is 4.90 Å². The van der Waals surface area contributed by atoms with Crippen molar-refractivity contribution in [3.05, 3.63) is 51.0 Å². The third kappa shape index (κ3) is 3.60. The SMILES string of the molecule is Cc1ccc(NS(=O)(=O)c2cc(Br)cc3c2N(C(=O)C2CC2)CC3)cc1Cl. The van der Waals surface area contributed by atoms with Crippen LogP contribution < -0.4 is 9.62 Å². The Hall–Kier alpha value is -1.57. The van der Waals surface area contributed by atoms with E-state index in [2.05, 4.69) is 20.7 Å². The van der Waals surface area contributed by atoms with Crippen LogP contribution in [0.4, 0.5) is 11.4 Å². The second kappa shape index (κ2) is 6.79. The van der Waals surface area contributed by atoms with Gasteiger partial charge >= 0.3 is 0 Å². The maximum atomic E-state index is 13.2. The number of fused-ring (bicyclic) bond motifs is 1. The molecule has 1 N–H and O–H groups in total. The fourth-order valence-corrected chi connectivity index (χ4v) is 5.47. The molecule has 0 saturated heterocycles. The van der Waals surface area contributed by atoms with Crippen LogP contribution in [0.3, 0.4) is 0 Å². The van der Waals surface area contributed by atoms with E-state index in [1.807, 2.05) is 13.0 Å². The zero-order valence-corrected chi connectivity index (χ0v) is 17.8. The second-order valence-corrected chi connectivity index (χ2v) is 9.97. The summed E-state index contributed by atoms with van der Waals surface area (Å²) in [5, 5.41) is 0.486. The van der Waals surface area contributed by atoms with Crippen LogP contribution in [0, 0.1) is 12.8 Å². The molecule has 1 aliphatic carbocycles. The van der Waals surface area contributed by atoms with Crippen molar-refractivity contribution in [1.29, 1.82) is 0 Å². The Balaban J connectivity index is 1.76. The molecular formula is C19H18BrClN2O3S. The van der Waals surface area contributed by atoms with Gasteiger partial charge in [-0.2, -0.15) is 0 Å². The van der Waals surface area contributed by atoms with Crippen LogP contribution in [0.2, 0.25) is 5.02 Å². The summed E-state index contributed by atoms with van der Waals surface area (Å²) in [6.45, 7) is 2.36. The Labute approximate surface area is 171 Å². The Morgan fingerprint density at radius 3 is 2.67 bits per heavy atom. The van der Waals surface area contributed by atoms with Crippen LogP contribution in [0.5, 0.6) is 0 Å². The minimum atomic E-state index is -3.89. The fraction of sp³-hybridized carbons (Fsp3) is 0.316. The van der Waals surface area contributed by atoms with Gasteiger partial charge in [-0.25, -0.2) is 8.42 Å². The number of anilines is 2. The van der Waals surface area contributed by atoms with Gasteiger partial charge in [0.25, 0.3) is 10.0 Å². The summed E-state index contributed by atoms with van der Waals surface area (Å²) in [6, 6.07) is 8.45. The molecule has 2 aromatic rings. The van der Waals surface area contributed by atoms with Crippen LogP contribution in [-0.2, 0) is 21.2 Å². The Morgan fingerprint density at radius 2 is 2.00 bits per heavy atom. The summed E-state index contributed by atoms with van der Waals surface area (Å²) in [4.78, 5) is 14.4. The van der Waals surface area contributed by atoms with Crippen LogP contribution in [0.15, 0.2) is 39.7 Å². The molecular weight excluding hydrogens is 452 g/mol. The molecule has 8 heteroatoms. The highest BCUT2D eigenvalue weighted by atomic mass is 79.9. The molecule has 0 atom stereocenters. The largest absolute Gasteiger partial charge is 0.310 e. The molecule has 5 nitrogen and oxygen atoms in total. The quantitative estimate of drug-likeness (QED) is 0.716. The zero-order valence-electron chi connectivity index (χ0n) is 14.6. The molecule has 142 valence electrons. The topological polar surface area (TPSA) is 66.5 Å². The standard InChI is InChI=1S/C19H18BrClN2O3S/c1-11-2-5-15(10-16(11)21)22-27(25,26)17-9-14(20)8-13-6-7-23(18(13)17)19(24)12-3-4-12/h2,5,8-10,12,22H,3-4,6-7H2,1H3. The number of benzene rings is 2. The lowest BCUT2D eigenvalue weighted by Gasteiger charge is -2.21. The van der Waals surface area contributed by atoms with Gasteiger partial charge in [0.2, 0.25) is 5.91 Å². The van der Waals surface area contributed by atoms with Gasteiger partial charge in [-0.3, -0.25) is 9.52 Å². The van der Waals surface area contributed by atoms with Gasteiger partial charge in [0.15, 0.2) is 0 Å². The zero-order chi connectivity index (χ0) is 19.3. The molecule has 1 aliphatic heterocycles. The van der Waals surface area contributed by atoms with Crippen molar-refractivity contribution >= 4 is 54.8 Å². The van der Waals surface area contributed by atoms with Crippen molar-refractivity contribution in [1.82, 2.24) is 0 Å². The van der Waals surface area contributed by atoms with Crippen LogP contribution >= 0.6 is 27.5 Å². The number of nitrogens with one attached hydrogen (secondary N) is 1. The van der Waals surface area contributed by atoms with Crippen molar-refractivity contribution in [2.24, 2.45) is 5.92 Å². The van der Waals surface area contributed by atoms with E-state index < -0.39 is 10.0 Å². The normalized spacial score (nSPS) is 16.3. The predicted octanol–water partition coefficient (Wildman–Crippen LogP) is 4.51. The van der Waals surface area contributed by atoms with E-state index in [-0.39, 0.29) is 16.7 Å². The Morgan fingerprint density at radius 1 is 1.26 bits per heavy atom. The van der Waals surface area contributed by atoms with E-state index in [1.54, 1.807) is 29.2 Å². The maximum absolute atomic E-state index is 13.2. The van der Waals surface area contributed by atoms with Crippen molar-refractivity contribution in [2.45, 2.75) is 31.1 Å². The van der Waals surface area contributed by atoms with Crippen LogP contribution in [0.1, 0.15) is 24.0 Å². The summed E-state index contributed by atoms with van der Waals surface area (Å²) in [5.41, 5.74) is 2.61. The highest BCUT2D eigenvalue weighted by molar-refractivity contribution is 9.10. The first kappa shape index (κ1) is 18.8. The molecule has 1 amide bonds. The Bertz CT molecular complexity index is 1050. The predicted molar refractivity (Wildman–Crippen MR) is 110 cm³/mol. The molecule has 0 bridgehead atoms. The summed E-state index contributed by atoms with van der Waals surface area (Å²) in [7, 11) is -3.89. The second-order valence-electron chi connectivity index (χ2n) is 7.00. The third-order valence-electron chi connectivity index (χ3n) is 4.90. The highest BCUT2D eigenvalue weighted by Crippen LogP contribution is 2.41. The van der Waals surface area contributed by atoms with Gasteiger partial charge in [-0.1, -0.05) is 33.6 Å². The van der Waals surface area contributed by atoms with Crippen LogP contribution in [-0.4, -0.2) is 20.9 Å². The number of halogens is 2. The van der Waals surface area contributed by atoms with Crippen molar-refractivity contribution in [3.8, 4) is 0 Å². The van der Waals surface area contributed by atoms with Crippen molar-refractivity contribution in [3.63, 3.8) is 0 Å². The van der Waals surface area contributed by atoms with E-state index in [9.17, 15) is 13.2 Å². The van der Waals surface area contributed by atoms with Crippen molar-refractivity contribution < 1.29 is 13.2 Å². The summed E-state index contributed by atoms with van der Waals surface area (Å²) in [5.74, 6) is 0.0462. The first-order chi connectivity index (χ1) is 12.8. The van der Waals surface area contributed by atoms with Crippen molar-refractivity contribution in [2.75, 3.05) is 16.2 Å². The third-order valence-corrected chi connectivity index (χ3v) is 7.16. The first-order valence-electron chi connectivity index (χ1n) is 8.69. The lowest BCUT2D eigenvalue weighted by molar-refractivity contribution is -0.119. The smallest absolute Gasteiger partial charge is 0.264 e. The van der Waals surface area contributed by atoms with E-state index in [0.717, 1.165) is 24.0 Å². The number of rotatable bonds is 4. The number of hydrogen-bond donors (Lipinski definition) is 1. The van der Waals surface area contributed by atoms with E-state index in [0.29, 0.717) is 33.8 Å². The molecule has 4 rings (SSSR count). The molecule has 1 fully saturated rings. The van der Waals surface area contributed by atoms with E-state index >= 15 is 0 Å². The van der Waals surface area contributed by atoms with Gasteiger partial charge in [-0.15, -0.1) is 0 Å². The average molecular weight is 470 g/mol. The molecule has 27 heavy (non-hydrogen) atoms. The summed E-state index contributed by atoms with van der Waals surface area (Å²) in [6.07, 6.45) is 2.40. The van der Waals surface area contributed by atoms with Crippen LogP contribution in [0.25, 0.3) is 0 Å². The monoisotopic (exact) mass is 468 g/mol. The number of carbonyl (C=O) groups is 1. The summed E-state index contributed by atoms with van der Waals surface area (Å²) < 4.78 is 29.6.